The normalized spacial score (nSPS) is 38.5. The molecule has 2 unspecified atom stereocenters. The molecule has 0 spiro atoms. The van der Waals surface area contributed by atoms with Crippen LogP contribution in [0.2, 0.25) is 0 Å². The van der Waals surface area contributed by atoms with Crippen molar-refractivity contribution in [1.29, 1.82) is 0 Å². The monoisotopic (exact) mass is 181 g/mol. The molecule has 1 aliphatic carbocycles. The summed E-state index contributed by atoms with van der Waals surface area (Å²) < 4.78 is 0. The van der Waals surface area contributed by atoms with Gasteiger partial charge in [-0.25, -0.2) is 0 Å². The average molecular weight is 181 g/mol. The molecule has 2 atom stereocenters. The fourth-order valence-corrected chi connectivity index (χ4v) is 2.90. The lowest BCUT2D eigenvalue weighted by Gasteiger charge is -2.62. The Morgan fingerprint density at radius 3 is 1.85 bits per heavy atom. The first kappa shape index (κ1) is 9.51. The predicted molar refractivity (Wildman–Crippen MR) is 56.7 cm³/mol. The number of hydrogen-bond donors (Lipinski definition) is 0. The molecule has 76 valence electrons. The number of piperidine rings is 2. The maximum absolute atomic E-state index is 2.66. The van der Waals surface area contributed by atoms with Crippen molar-refractivity contribution in [3.63, 3.8) is 0 Å². The summed E-state index contributed by atoms with van der Waals surface area (Å²) in [5.74, 6) is 1.93. The van der Waals surface area contributed by atoms with Gasteiger partial charge in [0, 0.05) is 18.6 Å². The molecule has 2 aliphatic heterocycles. The van der Waals surface area contributed by atoms with Crippen LogP contribution in [0.1, 0.15) is 41.0 Å². The van der Waals surface area contributed by atoms with Crippen LogP contribution in [0.5, 0.6) is 0 Å². The number of rotatable bonds is 0. The van der Waals surface area contributed by atoms with Crippen LogP contribution >= 0.6 is 0 Å². The molecule has 0 aromatic rings. The standard InChI is InChI=1S/C12H23N/c1-11(2,3)13-7-9-6-10(8-13)12(9,4)5/h9-10H,6-8H2,1-5H3. The van der Waals surface area contributed by atoms with Gasteiger partial charge in [0.15, 0.2) is 0 Å². The third-order valence-electron chi connectivity index (χ3n) is 4.50. The van der Waals surface area contributed by atoms with Crippen molar-refractivity contribution in [2.24, 2.45) is 17.3 Å². The zero-order chi connectivity index (χ0) is 9.85. The Balaban J connectivity index is 2.05. The molecule has 13 heavy (non-hydrogen) atoms. The highest BCUT2D eigenvalue weighted by molar-refractivity contribution is 5.04. The summed E-state index contributed by atoms with van der Waals surface area (Å²) >= 11 is 0. The quantitative estimate of drug-likeness (QED) is 0.555. The Morgan fingerprint density at radius 2 is 1.54 bits per heavy atom. The van der Waals surface area contributed by atoms with Gasteiger partial charge in [0.25, 0.3) is 0 Å². The number of hydrogen-bond acceptors (Lipinski definition) is 1. The lowest BCUT2D eigenvalue weighted by atomic mass is 9.52. The molecule has 2 heterocycles. The molecule has 0 amide bonds. The van der Waals surface area contributed by atoms with E-state index in [1.54, 1.807) is 0 Å². The summed E-state index contributed by atoms with van der Waals surface area (Å²) in [6, 6.07) is 0. The molecule has 3 rings (SSSR count). The van der Waals surface area contributed by atoms with Crippen LogP contribution in [0, 0.1) is 17.3 Å². The van der Waals surface area contributed by atoms with Gasteiger partial charge in [-0.15, -0.1) is 0 Å². The molecule has 0 N–H and O–H groups in total. The Kier molecular flexibility index (Phi) is 1.83. The highest BCUT2D eigenvalue weighted by Crippen LogP contribution is 2.55. The Morgan fingerprint density at radius 1 is 1.08 bits per heavy atom. The lowest BCUT2D eigenvalue weighted by Crippen LogP contribution is -2.63. The van der Waals surface area contributed by atoms with E-state index < -0.39 is 0 Å². The molecule has 3 fully saturated rings. The molecule has 0 aromatic heterocycles. The molecule has 1 saturated carbocycles. The second kappa shape index (κ2) is 2.50. The van der Waals surface area contributed by atoms with Gasteiger partial charge in [-0.3, -0.25) is 4.90 Å². The van der Waals surface area contributed by atoms with E-state index in [9.17, 15) is 0 Å². The van der Waals surface area contributed by atoms with E-state index in [-0.39, 0.29) is 0 Å². The highest BCUT2D eigenvalue weighted by atomic mass is 15.2. The van der Waals surface area contributed by atoms with Crippen molar-refractivity contribution in [2.75, 3.05) is 13.1 Å². The highest BCUT2D eigenvalue weighted by Gasteiger charge is 2.53. The van der Waals surface area contributed by atoms with Crippen molar-refractivity contribution in [1.82, 2.24) is 4.90 Å². The van der Waals surface area contributed by atoms with Crippen molar-refractivity contribution in [3.05, 3.63) is 0 Å². The number of nitrogens with zero attached hydrogens (tertiary/aromatic N) is 1. The van der Waals surface area contributed by atoms with E-state index in [0.717, 1.165) is 11.8 Å². The van der Waals surface area contributed by atoms with Crippen molar-refractivity contribution >= 4 is 0 Å². The van der Waals surface area contributed by atoms with Crippen LogP contribution in [-0.4, -0.2) is 23.5 Å². The fourth-order valence-electron chi connectivity index (χ4n) is 2.90. The summed E-state index contributed by atoms with van der Waals surface area (Å²) in [5, 5.41) is 0. The second-order valence-electron chi connectivity index (χ2n) is 6.53. The molecule has 3 aliphatic rings. The Hall–Kier alpha value is -0.0400. The van der Waals surface area contributed by atoms with Crippen LogP contribution in [0.3, 0.4) is 0 Å². The minimum Gasteiger partial charge on any atom is -0.298 e. The van der Waals surface area contributed by atoms with Gasteiger partial charge in [0.1, 0.15) is 0 Å². The molecule has 2 saturated heterocycles. The first-order valence-electron chi connectivity index (χ1n) is 5.57. The zero-order valence-corrected chi connectivity index (χ0v) is 9.72. The summed E-state index contributed by atoms with van der Waals surface area (Å²) in [6.07, 6.45) is 1.49. The molecular formula is C12H23N. The number of fused-ring (bicyclic) bond motifs is 2. The minimum absolute atomic E-state index is 0.382. The fraction of sp³-hybridized carbons (Fsp3) is 1.00. The average Bonchev–Trinajstić information content (AvgIpc) is 2.03. The van der Waals surface area contributed by atoms with Crippen molar-refractivity contribution < 1.29 is 0 Å². The van der Waals surface area contributed by atoms with Crippen molar-refractivity contribution in [2.45, 2.75) is 46.6 Å². The van der Waals surface area contributed by atoms with E-state index in [1.165, 1.54) is 19.5 Å². The third-order valence-corrected chi connectivity index (χ3v) is 4.50. The van der Waals surface area contributed by atoms with E-state index in [1.807, 2.05) is 0 Å². The smallest absolute Gasteiger partial charge is 0.0125 e. The molecule has 2 bridgehead atoms. The largest absolute Gasteiger partial charge is 0.298 e. The SMILES string of the molecule is CC1(C)C2CC1CN(C(C)(C)C)C2. The van der Waals surface area contributed by atoms with Gasteiger partial charge in [0.05, 0.1) is 0 Å². The predicted octanol–water partition coefficient (Wildman–Crippen LogP) is 2.76. The van der Waals surface area contributed by atoms with E-state index in [0.29, 0.717) is 11.0 Å². The van der Waals surface area contributed by atoms with Crippen LogP contribution in [0.4, 0.5) is 0 Å². The van der Waals surface area contributed by atoms with Gasteiger partial charge in [-0.1, -0.05) is 13.8 Å². The Labute approximate surface area is 82.5 Å². The third kappa shape index (κ3) is 1.32. The first-order chi connectivity index (χ1) is 5.82. The van der Waals surface area contributed by atoms with Crippen molar-refractivity contribution in [3.8, 4) is 0 Å². The second-order valence-corrected chi connectivity index (χ2v) is 6.53. The van der Waals surface area contributed by atoms with Gasteiger partial charge < -0.3 is 0 Å². The van der Waals surface area contributed by atoms with E-state index in [4.69, 9.17) is 0 Å². The molecule has 1 heteroatoms. The van der Waals surface area contributed by atoms with Crippen LogP contribution in [-0.2, 0) is 0 Å². The molecular weight excluding hydrogens is 158 g/mol. The topological polar surface area (TPSA) is 3.24 Å². The van der Waals surface area contributed by atoms with Gasteiger partial charge in [-0.05, 0) is 44.4 Å². The lowest BCUT2D eigenvalue weighted by molar-refractivity contribution is -0.128. The summed E-state index contributed by atoms with van der Waals surface area (Å²) in [6.45, 7) is 14.6. The molecule has 0 aromatic carbocycles. The molecule has 0 radical (unpaired) electrons. The maximum atomic E-state index is 2.66. The van der Waals surface area contributed by atoms with Gasteiger partial charge in [-0.2, -0.15) is 0 Å². The Bertz CT molecular complexity index is 198. The first-order valence-corrected chi connectivity index (χ1v) is 5.57. The minimum atomic E-state index is 0.382. The van der Waals surface area contributed by atoms with Crippen LogP contribution in [0.25, 0.3) is 0 Å². The summed E-state index contributed by atoms with van der Waals surface area (Å²) in [7, 11) is 0. The molecule has 1 nitrogen and oxygen atoms in total. The van der Waals surface area contributed by atoms with Crippen LogP contribution in [0.15, 0.2) is 0 Å². The zero-order valence-electron chi connectivity index (χ0n) is 9.72. The van der Waals surface area contributed by atoms with Gasteiger partial charge >= 0.3 is 0 Å². The van der Waals surface area contributed by atoms with Gasteiger partial charge in [0.2, 0.25) is 0 Å². The summed E-state index contributed by atoms with van der Waals surface area (Å²) in [5.41, 5.74) is 1.02. The maximum Gasteiger partial charge on any atom is 0.0125 e. The van der Waals surface area contributed by atoms with E-state index >= 15 is 0 Å². The van der Waals surface area contributed by atoms with Crippen LogP contribution < -0.4 is 0 Å². The summed E-state index contributed by atoms with van der Waals surface area (Å²) in [4.78, 5) is 2.66. The van der Waals surface area contributed by atoms with E-state index in [2.05, 4.69) is 39.5 Å².